The number of methoxy groups -OCH3 is 1. The van der Waals surface area contributed by atoms with E-state index in [1.165, 1.54) is 0 Å². The number of ether oxygens (including phenoxy) is 1. The highest BCUT2D eigenvalue weighted by Crippen LogP contribution is 2.25. The van der Waals surface area contributed by atoms with Crippen molar-refractivity contribution in [3.63, 3.8) is 0 Å². The highest BCUT2D eigenvalue weighted by molar-refractivity contribution is 6.08. The molecule has 0 saturated carbocycles. The Morgan fingerprint density at radius 3 is 2.25 bits per heavy atom. The maximum absolute atomic E-state index is 13.1. The number of benzene rings is 3. The third-order valence-electron chi connectivity index (χ3n) is 6.61. The van der Waals surface area contributed by atoms with Crippen molar-refractivity contribution in [3.8, 4) is 16.9 Å². The molecule has 7 heteroatoms. The molecule has 1 aliphatic heterocycles. The molecule has 36 heavy (non-hydrogen) atoms. The largest absolute Gasteiger partial charge is 0.497 e. The summed E-state index contributed by atoms with van der Waals surface area (Å²) in [4.78, 5) is 39.3. The molecule has 0 aromatic heterocycles. The smallest absolute Gasteiger partial charge is 0.325 e. The van der Waals surface area contributed by atoms with Crippen LogP contribution < -0.4 is 15.4 Å². The first-order valence-electron chi connectivity index (χ1n) is 12.0. The molecule has 1 heterocycles. The Balaban J connectivity index is 1.33. The second-order valence-corrected chi connectivity index (χ2v) is 9.28. The Morgan fingerprint density at radius 2 is 1.61 bits per heavy atom. The van der Waals surface area contributed by atoms with Gasteiger partial charge in [-0.3, -0.25) is 14.5 Å². The third-order valence-corrected chi connectivity index (χ3v) is 6.61. The lowest BCUT2D eigenvalue weighted by Crippen LogP contribution is -2.45. The number of nitrogens with one attached hydrogen (secondary N) is 2. The molecule has 7 nitrogen and oxygen atoms in total. The number of carbonyl (C=O) groups is 3. The van der Waals surface area contributed by atoms with Crippen LogP contribution in [0.1, 0.15) is 37.4 Å². The molecule has 2 atom stereocenters. The minimum atomic E-state index is -1.06. The van der Waals surface area contributed by atoms with Crippen molar-refractivity contribution in [2.24, 2.45) is 0 Å². The van der Waals surface area contributed by atoms with E-state index in [0.717, 1.165) is 32.9 Å². The van der Waals surface area contributed by atoms with Gasteiger partial charge in [-0.1, -0.05) is 66.7 Å². The van der Waals surface area contributed by atoms with Gasteiger partial charge in [-0.05, 0) is 61.1 Å². The van der Waals surface area contributed by atoms with Crippen LogP contribution in [-0.4, -0.2) is 41.9 Å². The van der Waals surface area contributed by atoms with Gasteiger partial charge in [0, 0.05) is 0 Å². The average Bonchev–Trinajstić information content (AvgIpc) is 3.11. The molecule has 2 N–H and O–H groups in total. The van der Waals surface area contributed by atoms with Crippen LogP contribution in [-0.2, 0) is 16.0 Å². The monoisotopic (exact) mass is 485 g/mol. The van der Waals surface area contributed by atoms with Gasteiger partial charge in [-0.25, -0.2) is 4.79 Å². The van der Waals surface area contributed by atoms with Crippen LogP contribution in [0.3, 0.4) is 0 Å². The zero-order valence-electron chi connectivity index (χ0n) is 20.8. The Morgan fingerprint density at radius 1 is 0.972 bits per heavy atom. The summed E-state index contributed by atoms with van der Waals surface area (Å²) in [5.74, 6) is -0.0256. The average molecular weight is 486 g/mol. The number of aryl methyl sites for hydroxylation is 1. The first-order valence-corrected chi connectivity index (χ1v) is 12.0. The topological polar surface area (TPSA) is 87.7 Å². The molecular formula is C29H31N3O4. The van der Waals surface area contributed by atoms with Crippen molar-refractivity contribution in [3.05, 3.63) is 90.0 Å². The molecule has 4 rings (SSSR count). The van der Waals surface area contributed by atoms with Gasteiger partial charge in [0.15, 0.2) is 0 Å². The Kier molecular flexibility index (Phi) is 7.38. The number of amides is 4. The van der Waals surface area contributed by atoms with Crippen LogP contribution in [0, 0.1) is 0 Å². The van der Waals surface area contributed by atoms with E-state index in [9.17, 15) is 14.4 Å². The molecule has 186 valence electrons. The summed E-state index contributed by atoms with van der Waals surface area (Å²) >= 11 is 0. The van der Waals surface area contributed by atoms with Gasteiger partial charge in [-0.2, -0.15) is 0 Å². The summed E-state index contributed by atoms with van der Waals surface area (Å²) in [6.07, 6.45) is 1.02. The predicted octanol–water partition coefficient (Wildman–Crippen LogP) is 4.48. The normalized spacial score (nSPS) is 18.0. The lowest BCUT2D eigenvalue weighted by molar-refractivity contribution is -0.134. The van der Waals surface area contributed by atoms with Crippen molar-refractivity contribution in [2.45, 2.75) is 38.3 Å². The SMILES string of the molecule is COc1ccc(CC[C@@]2(C)NC(=O)N(CC(=O)N[C@@H](C)c3ccc(-c4ccccc4)cc3)C2=O)cc1. The van der Waals surface area contributed by atoms with Gasteiger partial charge in [0.2, 0.25) is 5.91 Å². The first-order chi connectivity index (χ1) is 17.3. The van der Waals surface area contributed by atoms with Crippen molar-refractivity contribution < 1.29 is 19.1 Å². The molecule has 1 saturated heterocycles. The van der Waals surface area contributed by atoms with Crippen LogP contribution in [0.15, 0.2) is 78.9 Å². The van der Waals surface area contributed by atoms with Crippen LogP contribution in [0.4, 0.5) is 4.79 Å². The molecule has 4 amide bonds. The Hall–Kier alpha value is -4.13. The number of imide groups is 1. The summed E-state index contributed by atoms with van der Waals surface area (Å²) in [7, 11) is 1.61. The molecular weight excluding hydrogens is 454 g/mol. The minimum Gasteiger partial charge on any atom is -0.497 e. The Labute approximate surface area is 211 Å². The standard InChI is InChI=1S/C29H31N3O4/c1-20(22-11-13-24(14-12-22)23-7-5-4-6-8-23)30-26(33)19-32-27(34)29(2,31-28(32)35)18-17-21-9-15-25(36-3)16-10-21/h4-16,20H,17-19H2,1-3H3,(H,30,33)(H,31,35)/t20-,29+/m0/s1. The lowest BCUT2D eigenvalue weighted by Gasteiger charge is -2.22. The number of nitrogens with zero attached hydrogens (tertiary/aromatic N) is 1. The van der Waals surface area contributed by atoms with Crippen molar-refractivity contribution in [1.29, 1.82) is 0 Å². The quantitative estimate of drug-likeness (QED) is 0.438. The van der Waals surface area contributed by atoms with Crippen molar-refractivity contribution in [1.82, 2.24) is 15.5 Å². The molecule has 0 aliphatic carbocycles. The van der Waals surface area contributed by atoms with Gasteiger partial charge in [0.05, 0.1) is 13.2 Å². The van der Waals surface area contributed by atoms with Crippen LogP contribution >= 0.6 is 0 Å². The summed E-state index contributed by atoms with van der Waals surface area (Å²) in [6.45, 7) is 3.25. The van der Waals surface area contributed by atoms with Gasteiger partial charge in [-0.15, -0.1) is 0 Å². The predicted molar refractivity (Wildman–Crippen MR) is 138 cm³/mol. The van der Waals surface area contributed by atoms with Crippen molar-refractivity contribution in [2.75, 3.05) is 13.7 Å². The fraction of sp³-hybridized carbons (Fsp3) is 0.276. The maximum Gasteiger partial charge on any atom is 0.325 e. The van der Waals surface area contributed by atoms with Crippen molar-refractivity contribution >= 4 is 17.8 Å². The highest BCUT2D eigenvalue weighted by atomic mass is 16.5. The van der Waals surface area contributed by atoms with Gasteiger partial charge in [0.1, 0.15) is 17.8 Å². The molecule has 1 aliphatic rings. The van der Waals surface area contributed by atoms with E-state index < -0.39 is 23.4 Å². The van der Waals surface area contributed by atoms with E-state index in [4.69, 9.17) is 4.74 Å². The molecule has 0 bridgehead atoms. The van der Waals surface area contributed by atoms with Crippen LogP contribution in [0.5, 0.6) is 5.75 Å². The van der Waals surface area contributed by atoms with Crippen LogP contribution in [0.25, 0.3) is 11.1 Å². The molecule has 0 spiro atoms. The Bertz CT molecular complexity index is 1230. The second-order valence-electron chi connectivity index (χ2n) is 9.28. The van der Waals surface area contributed by atoms with E-state index >= 15 is 0 Å². The summed E-state index contributed by atoms with van der Waals surface area (Å²) < 4.78 is 5.17. The minimum absolute atomic E-state index is 0.274. The molecule has 3 aromatic carbocycles. The number of rotatable bonds is 9. The number of urea groups is 1. The van der Waals surface area contributed by atoms with E-state index in [0.29, 0.717) is 12.8 Å². The third kappa shape index (κ3) is 5.57. The van der Waals surface area contributed by atoms with Gasteiger partial charge in [0.25, 0.3) is 5.91 Å². The molecule has 0 unspecified atom stereocenters. The fourth-order valence-electron chi connectivity index (χ4n) is 4.36. The molecule has 0 radical (unpaired) electrons. The number of hydrogen-bond donors (Lipinski definition) is 2. The summed E-state index contributed by atoms with van der Waals surface area (Å²) in [6, 6.07) is 24.8. The second kappa shape index (κ2) is 10.6. The number of hydrogen-bond acceptors (Lipinski definition) is 4. The highest BCUT2D eigenvalue weighted by Gasteiger charge is 2.47. The van der Waals surface area contributed by atoms with Gasteiger partial charge < -0.3 is 15.4 Å². The van der Waals surface area contributed by atoms with Gasteiger partial charge >= 0.3 is 6.03 Å². The van der Waals surface area contributed by atoms with E-state index in [1.807, 2.05) is 85.8 Å². The summed E-state index contributed by atoms with van der Waals surface area (Å²) in [5, 5.41) is 5.66. The van der Waals surface area contributed by atoms with E-state index in [1.54, 1.807) is 14.0 Å². The zero-order valence-corrected chi connectivity index (χ0v) is 20.8. The van der Waals surface area contributed by atoms with E-state index in [-0.39, 0.29) is 12.6 Å². The molecule has 1 fully saturated rings. The molecule has 3 aromatic rings. The zero-order chi connectivity index (χ0) is 25.7. The number of carbonyl (C=O) groups excluding carboxylic acids is 3. The van der Waals surface area contributed by atoms with E-state index in [2.05, 4.69) is 10.6 Å². The maximum atomic E-state index is 13.1. The summed E-state index contributed by atoms with van der Waals surface area (Å²) in [5.41, 5.74) is 3.11. The fourth-order valence-corrected chi connectivity index (χ4v) is 4.36. The van der Waals surface area contributed by atoms with Crippen LogP contribution in [0.2, 0.25) is 0 Å². The first kappa shape index (κ1) is 25.0. The lowest BCUT2D eigenvalue weighted by atomic mass is 9.93.